The molecule has 29 heavy (non-hydrogen) atoms. The lowest BCUT2D eigenvalue weighted by Gasteiger charge is -2.13. The van der Waals surface area contributed by atoms with Gasteiger partial charge in [0.2, 0.25) is 0 Å². The van der Waals surface area contributed by atoms with Crippen molar-refractivity contribution >= 4 is 22.7 Å². The van der Waals surface area contributed by atoms with Gasteiger partial charge in [-0.05, 0) is 17.7 Å². The first kappa shape index (κ1) is 24.3. The zero-order valence-corrected chi connectivity index (χ0v) is 16.6. The van der Waals surface area contributed by atoms with Crippen molar-refractivity contribution in [1.29, 1.82) is 0 Å². The highest BCUT2D eigenvalue weighted by atomic mass is 32.2. The summed E-state index contributed by atoms with van der Waals surface area (Å²) in [4.78, 5) is 18.2. The molecular weight excluding hydrogens is 398 g/mol. The van der Waals surface area contributed by atoms with Gasteiger partial charge in [0, 0.05) is 35.4 Å². The largest absolute Gasteiger partial charge is 0.491 e. The molecule has 2 rings (SSSR count). The summed E-state index contributed by atoms with van der Waals surface area (Å²) >= 11 is 0. The zero-order valence-electron chi connectivity index (χ0n) is 15.8. The molecule has 8 nitrogen and oxygen atoms in total. The fraction of sp³-hybridized carbons (Fsp3) is 0.300. The molecule has 9 heteroatoms. The van der Waals surface area contributed by atoms with E-state index in [0.29, 0.717) is 24.6 Å². The van der Waals surface area contributed by atoms with Crippen molar-refractivity contribution in [3.63, 3.8) is 0 Å². The smallest absolute Gasteiger partial charge is 0.414 e. The van der Waals surface area contributed by atoms with Crippen molar-refractivity contribution in [2.75, 3.05) is 25.4 Å². The van der Waals surface area contributed by atoms with Gasteiger partial charge in [0.1, 0.15) is 18.5 Å². The molecule has 0 aliphatic carbocycles. The van der Waals surface area contributed by atoms with Gasteiger partial charge in [0.15, 0.2) is 0 Å². The monoisotopic (exact) mass is 423 g/mol. The molecular formula is C20H25NO7S. The summed E-state index contributed by atoms with van der Waals surface area (Å²) in [6.07, 6.45) is -0.585. The average Bonchev–Trinajstić information content (AvgIpc) is 2.71. The molecule has 0 radical (unpaired) electrons. The summed E-state index contributed by atoms with van der Waals surface area (Å²) in [6.45, 7) is 1.28. The number of hydrogen-bond donors (Lipinski definition) is 4. The van der Waals surface area contributed by atoms with Crippen LogP contribution in [-0.4, -0.2) is 63.0 Å². The molecule has 0 bridgehead atoms. The fourth-order valence-electron chi connectivity index (χ4n) is 2.06. The highest BCUT2D eigenvalue weighted by molar-refractivity contribution is 7.84. The van der Waals surface area contributed by atoms with E-state index in [4.69, 9.17) is 24.5 Å². The van der Waals surface area contributed by atoms with Crippen LogP contribution in [0.25, 0.3) is 0 Å². The number of ether oxygens (including phenoxy) is 1. The second-order valence-electron chi connectivity index (χ2n) is 5.87. The number of carboxylic acid groups (broad SMARTS) is 2. The van der Waals surface area contributed by atoms with Crippen molar-refractivity contribution < 1.29 is 33.9 Å². The van der Waals surface area contributed by atoms with E-state index in [0.717, 1.165) is 11.3 Å². The van der Waals surface area contributed by atoms with Gasteiger partial charge in [-0.15, -0.1) is 0 Å². The first-order valence-corrected chi connectivity index (χ1v) is 10.3. The first-order valence-electron chi connectivity index (χ1n) is 8.80. The number of aliphatic hydroxyl groups is 1. The van der Waals surface area contributed by atoms with E-state index in [-0.39, 0.29) is 6.61 Å². The van der Waals surface area contributed by atoms with E-state index >= 15 is 0 Å². The molecule has 4 N–H and O–H groups in total. The summed E-state index contributed by atoms with van der Waals surface area (Å²) in [5.74, 6) is -1.76. The number of hydrogen-bond acceptors (Lipinski definition) is 6. The van der Waals surface area contributed by atoms with Crippen LogP contribution in [-0.2, 0) is 26.1 Å². The third-order valence-electron chi connectivity index (χ3n) is 3.43. The maximum atomic E-state index is 12.0. The normalized spacial score (nSPS) is 12.2. The molecule has 0 heterocycles. The molecule has 0 fully saturated rings. The molecule has 0 aliphatic heterocycles. The van der Waals surface area contributed by atoms with E-state index < -0.39 is 28.8 Å². The van der Waals surface area contributed by atoms with E-state index in [9.17, 15) is 9.32 Å². The summed E-state index contributed by atoms with van der Waals surface area (Å²) in [5.41, 5.74) is 1.09. The predicted molar refractivity (Wildman–Crippen MR) is 109 cm³/mol. The number of nitrogens with one attached hydrogen (secondary N) is 1. The lowest BCUT2D eigenvalue weighted by molar-refractivity contribution is -0.159. The summed E-state index contributed by atoms with van der Waals surface area (Å²) in [7, 11) is -0.895. The Balaban J connectivity index is 0.000000612. The molecule has 0 aliphatic rings. The Morgan fingerprint density at radius 2 is 1.52 bits per heavy atom. The molecule has 0 saturated carbocycles. The Bertz CT molecular complexity index is 744. The number of carboxylic acids is 2. The van der Waals surface area contributed by atoms with Crippen LogP contribution in [0, 0.1) is 0 Å². The number of carbonyl (C=O) groups is 2. The molecule has 2 aromatic rings. The van der Waals surface area contributed by atoms with Crippen molar-refractivity contribution in [2.24, 2.45) is 0 Å². The minimum Gasteiger partial charge on any atom is -0.491 e. The SMILES string of the molecule is O=C(O)C(=O)O.O=S(CCNCC(O)COc1ccccc1)Cc1ccccc1. The van der Waals surface area contributed by atoms with E-state index in [1.54, 1.807) is 0 Å². The number of para-hydroxylation sites is 1. The summed E-state index contributed by atoms with van der Waals surface area (Å²) in [6, 6.07) is 19.2. The van der Waals surface area contributed by atoms with Gasteiger partial charge in [-0.1, -0.05) is 48.5 Å². The molecule has 2 aromatic carbocycles. The lowest BCUT2D eigenvalue weighted by atomic mass is 10.2. The molecule has 0 amide bonds. The minimum atomic E-state index is -1.82. The number of benzene rings is 2. The van der Waals surface area contributed by atoms with Crippen molar-refractivity contribution in [2.45, 2.75) is 11.9 Å². The van der Waals surface area contributed by atoms with Crippen molar-refractivity contribution in [3.8, 4) is 5.75 Å². The first-order chi connectivity index (χ1) is 13.9. The summed E-state index contributed by atoms with van der Waals surface area (Å²) in [5, 5.41) is 27.7. The molecule has 158 valence electrons. The van der Waals surface area contributed by atoms with Crippen LogP contribution in [0.2, 0.25) is 0 Å². The maximum absolute atomic E-state index is 12.0. The fourth-order valence-corrected chi connectivity index (χ4v) is 3.14. The topological polar surface area (TPSA) is 133 Å². The molecule has 0 aromatic heterocycles. The van der Waals surface area contributed by atoms with Crippen LogP contribution in [0.4, 0.5) is 0 Å². The Morgan fingerprint density at radius 1 is 0.966 bits per heavy atom. The average molecular weight is 423 g/mol. The Labute approximate surface area is 171 Å². The second kappa shape index (κ2) is 14.3. The maximum Gasteiger partial charge on any atom is 0.414 e. The Morgan fingerprint density at radius 3 is 2.07 bits per heavy atom. The van der Waals surface area contributed by atoms with Crippen LogP contribution < -0.4 is 10.1 Å². The van der Waals surface area contributed by atoms with Gasteiger partial charge in [-0.2, -0.15) is 0 Å². The minimum absolute atomic E-state index is 0.240. The van der Waals surface area contributed by atoms with Crippen LogP contribution in [0.15, 0.2) is 60.7 Å². The van der Waals surface area contributed by atoms with Gasteiger partial charge in [-0.3, -0.25) is 4.21 Å². The van der Waals surface area contributed by atoms with Gasteiger partial charge in [0.05, 0.1) is 0 Å². The van der Waals surface area contributed by atoms with Crippen molar-refractivity contribution in [3.05, 3.63) is 66.2 Å². The molecule has 0 saturated heterocycles. The Kier molecular flexibility index (Phi) is 12.0. The summed E-state index contributed by atoms with van der Waals surface area (Å²) < 4.78 is 17.4. The highest BCUT2D eigenvalue weighted by Crippen LogP contribution is 2.08. The number of aliphatic hydroxyl groups excluding tert-OH is 1. The third-order valence-corrected chi connectivity index (χ3v) is 4.74. The Hall–Kier alpha value is -2.75. The van der Waals surface area contributed by atoms with Gasteiger partial charge < -0.3 is 25.4 Å². The van der Waals surface area contributed by atoms with E-state index in [1.807, 2.05) is 60.7 Å². The highest BCUT2D eigenvalue weighted by Gasteiger charge is 2.06. The number of rotatable bonds is 10. The van der Waals surface area contributed by atoms with Gasteiger partial charge >= 0.3 is 11.9 Å². The lowest BCUT2D eigenvalue weighted by Crippen LogP contribution is -2.33. The van der Waals surface area contributed by atoms with Crippen LogP contribution >= 0.6 is 0 Å². The van der Waals surface area contributed by atoms with Crippen LogP contribution in [0.5, 0.6) is 5.75 Å². The van der Waals surface area contributed by atoms with Gasteiger partial charge in [0.25, 0.3) is 0 Å². The molecule has 0 spiro atoms. The predicted octanol–water partition coefficient (Wildman–Crippen LogP) is 1.12. The van der Waals surface area contributed by atoms with Crippen molar-refractivity contribution in [1.82, 2.24) is 5.32 Å². The molecule has 2 unspecified atom stereocenters. The van der Waals surface area contributed by atoms with Gasteiger partial charge in [-0.25, -0.2) is 9.59 Å². The van der Waals surface area contributed by atoms with Crippen LogP contribution in [0.1, 0.15) is 5.56 Å². The molecule has 2 atom stereocenters. The quantitative estimate of drug-likeness (QED) is 0.330. The standard InChI is InChI=1S/C18H23NO3S.C2H2O4/c20-17(14-22-18-9-5-2-6-10-18)13-19-11-12-23(21)15-16-7-3-1-4-8-16;3-1(4)2(5)6/h1-10,17,19-20H,11-15H2;(H,3,4)(H,5,6). The third kappa shape index (κ3) is 12.3. The van der Waals surface area contributed by atoms with E-state index in [2.05, 4.69) is 5.32 Å². The second-order valence-corrected chi connectivity index (χ2v) is 7.44. The zero-order chi connectivity index (χ0) is 21.5. The van der Waals surface area contributed by atoms with E-state index in [1.165, 1.54) is 0 Å². The number of aliphatic carboxylic acids is 2. The van der Waals surface area contributed by atoms with Crippen LogP contribution in [0.3, 0.4) is 0 Å².